The van der Waals surface area contributed by atoms with Gasteiger partial charge in [0.1, 0.15) is 0 Å². The molecule has 1 saturated heterocycles. The molecule has 16 heavy (non-hydrogen) atoms. The van der Waals surface area contributed by atoms with Gasteiger partial charge in [-0.1, -0.05) is 0 Å². The molecule has 1 atom stereocenters. The largest absolute Gasteiger partial charge is 0.350 e. The Morgan fingerprint density at radius 3 is 3.31 bits per heavy atom. The third-order valence-corrected chi connectivity index (χ3v) is 3.53. The van der Waals surface area contributed by atoms with Gasteiger partial charge in [-0.3, -0.25) is 4.79 Å². The van der Waals surface area contributed by atoms with E-state index >= 15 is 0 Å². The number of thiazole rings is 1. The minimum atomic E-state index is 0.139. The van der Waals surface area contributed by atoms with Gasteiger partial charge in [0.2, 0.25) is 5.91 Å². The smallest absolute Gasteiger partial charge is 0.220 e. The number of carbonyl (C=O) groups is 1. The summed E-state index contributed by atoms with van der Waals surface area (Å²) >= 11 is 1.55. The van der Waals surface area contributed by atoms with Crippen LogP contribution in [0, 0.1) is 5.92 Å². The molecule has 1 aliphatic heterocycles. The first-order chi connectivity index (χ1) is 7.84. The van der Waals surface area contributed by atoms with Gasteiger partial charge in [-0.15, -0.1) is 11.3 Å². The Morgan fingerprint density at radius 1 is 1.69 bits per heavy atom. The van der Waals surface area contributed by atoms with Gasteiger partial charge in [-0.2, -0.15) is 0 Å². The average molecular weight is 239 g/mol. The van der Waals surface area contributed by atoms with Crippen LogP contribution < -0.4 is 10.6 Å². The summed E-state index contributed by atoms with van der Waals surface area (Å²) in [5.41, 5.74) is 2.73. The predicted octanol–water partition coefficient (Wildman–Crippen LogP) is 1.15. The molecule has 5 heteroatoms. The van der Waals surface area contributed by atoms with E-state index in [2.05, 4.69) is 15.6 Å². The van der Waals surface area contributed by atoms with Crippen LogP contribution in [0.15, 0.2) is 10.9 Å². The van der Waals surface area contributed by atoms with Crippen molar-refractivity contribution >= 4 is 17.2 Å². The molecule has 2 heterocycles. The zero-order valence-electron chi connectivity index (χ0n) is 9.24. The molecule has 0 aliphatic carbocycles. The summed E-state index contributed by atoms with van der Waals surface area (Å²) < 4.78 is 0. The standard InChI is InChI=1S/C11H17N3OS/c15-11(2-1-9-3-4-12-5-9)13-6-10-7-16-8-14-10/h7-9,12H,1-6H2,(H,13,15). The Balaban J connectivity index is 1.60. The Labute approximate surface area is 99.5 Å². The Morgan fingerprint density at radius 2 is 2.62 bits per heavy atom. The van der Waals surface area contributed by atoms with Crippen LogP contribution in [-0.4, -0.2) is 24.0 Å². The molecule has 0 saturated carbocycles. The number of aromatic nitrogens is 1. The molecular formula is C11H17N3OS. The summed E-state index contributed by atoms with van der Waals surface area (Å²) in [4.78, 5) is 15.7. The fraction of sp³-hybridized carbons (Fsp3) is 0.636. The summed E-state index contributed by atoms with van der Waals surface area (Å²) in [5, 5.41) is 8.16. The summed E-state index contributed by atoms with van der Waals surface area (Å²) in [6.07, 6.45) is 2.84. The maximum Gasteiger partial charge on any atom is 0.220 e. The van der Waals surface area contributed by atoms with E-state index in [4.69, 9.17) is 0 Å². The summed E-state index contributed by atoms with van der Waals surface area (Å²) in [5.74, 6) is 0.824. The fourth-order valence-electron chi connectivity index (χ4n) is 1.90. The van der Waals surface area contributed by atoms with Crippen molar-refractivity contribution in [1.82, 2.24) is 15.6 Å². The Bertz CT molecular complexity index is 320. The number of hydrogen-bond donors (Lipinski definition) is 2. The third-order valence-electron chi connectivity index (χ3n) is 2.89. The first-order valence-electron chi connectivity index (χ1n) is 5.69. The van der Waals surface area contributed by atoms with Gasteiger partial charge in [0.15, 0.2) is 0 Å². The van der Waals surface area contributed by atoms with E-state index in [1.165, 1.54) is 6.42 Å². The van der Waals surface area contributed by atoms with Gasteiger partial charge in [-0.05, 0) is 31.8 Å². The molecule has 1 aromatic heterocycles. The molecule has 2 rings (SSSR count). The second kappa shape index (κ2) is 5.96. The molecule has 1 fully saturated rings. The highest BCUT2D eigenvalue weighted by Crippen LogP contribution is 2.13. The molecule has 0 spiro atoms. The molecule has 88 valence electrons. The minimum absolute atomic E-state index is 0.139. The zero-order chi connectivity index (χ0) is 11.2. The Kier molecular flexibility index (Phi) is 4.30. The van der Waals surface area contributed by atoms with E-state index in [0.717, 1.165) is 25.2 Å². The van der Waals surface area contributed by atoms with Crippen LogP contribution in [0.1, 0.15) is 25.0 Å². The van der Waals surface area contributed by atoms with Crippen LogP contribution in [-0.2, 0) is 11.3 Å². The lowest BCUT2D eigenvalue weighted by Gasteiger charge is -2.07. The SMILES string of the molecule is O=C(CCC1CCNC1)NCc1cscn1. The number of nitrogens with one attached hydrogen (secondary N) is 2. The van der Waals surface area contributed by atoms with E-state index in [0.29, 0.717) is 18.9 Å². The topological polar surface area (TPSA) is 54.0 Å². The lowest BCUT2D eigenvalue weighted by atomic mass is 10.0. The second-order valence-electron chi connectivity index (χ2n) is 4.15. The van der Waals surface area contributed by atoms with E-state index in [-0.39, 0.29) is 5.91 Å². The summed E-state index contributed by atoms with van der Waals surface area (Å²) in [6.45, 7) is 2.73. The van der Waals surface area contributed by atoms with Crippen molar-refractivity contribution in [2.45, 2.75) is 25.8 Å². The molecule has 1 aliphatic rings. The molecule has 1 unspecified atom stereocenters. The van der Waals surface area contributed by atoms with Crippen molar-refractivity contribution in [3.05, 3.63) is 16.6 Å². The van der Waals surface area contributed by atoms with Gasteiger partial charge in [0.25, 0.3) is 0 Å². The molecule has 4 nitrogen and oxygen atoms in total. The number of amides is 1. The van der Waals surface area contributed by atoms with Crippen molar-refractivity contribution in [3.8, 4) is 0 Å². The van der Waals surface area contributed by atoms with Gasteiger partial charge in [0, 0.05) is 11.8 Å². The summed E-state index contributed by atoms with van der Waals surface area (Å²) in [7, 11) is 0. The quantitative estimate of drug-likeness (QED) is 0.810. The predicted molar refractivity (Wildman–Crippen MR) is 64.2 cm³/mol. The highest BCUT2D eigenvalue weighted by atomic mass is 32.1. The van der Waals surface area contributed by atoms with Crippen LogP contribution >= 0.6 is 11.3 Å². The van der Waals surface area contributed by atoms with E-state index in [1.807, 2.05) is 5.38 Å². The number of hydrogen-bond acceptors (Lipinski definition) is 4. The molecule has 0 aromatic carbocycles. The maximum absolute atomic E-state index is 11.5. The molecule has 2 N–H and O–H groups in total. The highest BCUT2D eigenvalue weighted by molar-refractivity contribution is 7.07. The van der Waals surface area contributed by atoms with Crippen LogP contribution in [0.25, 0.3) is 0 Å². The normalized spacial score (nSPS) is 19.9. The number of nitrogens with zero attached hydrogens (tertiary/aromatic N) is 1. The van der Waals surface area contributed by atoms with E-state index < -0.39 is 0 Å². The van der Waals surface area contributed by atoms with Gasteiger partial charge < -0.3 is 10.6 Å². The second-order valence-corrected chi connectivity index (χ2v) is 4.87. The van der Waals surface area contributed by atoms with Crippen LogP contribution in [0.3, 0.4) is 0 Å². The number of carbonyl (C=O) groups excluding carboxylic acids is 1. The average Bonchev–Trinajstić information content (AvgIpc) is 2.96. The molecule has 0 bridgehead atoms. The maximum atomic E-state index is 11.5. The third kappa shape index (κ3) is 3.57. The monoisotopic (exact) mass is 239 g/mol. The van der Waals surface area contributed by atoms with Gasteiger partial charge >= 0.3 is 0 Å². The zero-order valence-corrected chi connectivity index (χ0v) is 10.1. The van der Waals surface area contributed by atoms with Crippen LogP contribution in [0.5, 0.6) is 0 Å². The lowest BCUT2D eigenvalue weighted by Crippen LogP contribution is -2.23. The van der Waals surface area contributed by atoms with Gasteiger partial charge in [-0.25, -0.2) is 4.98 Å². The van der Waals surface area contributed by atoms with Gasteiger partial charge in [0.05, 0.1) is 17.7 Å². The van der Waals surface area contributed by atoms with Crippen LogP contribution in [0.2, 0.25) is 0 Å². The first kappa shape index (κ1) is 11.5. The summed E-state index contributed by atoms with van der Waals surface area (Å²) in [6, 6.07) is 0. The minimum Gasteiger partial charge on any atom is -0.350 e. The van der Waals surface area contributed by atoms with Crippen molar-refractivity contribution in [2.24, 2.45) is 5.92 Å². The van der Waals surface area contributed by atoms with Crippen molar-refractivity contribution in [2.75, 3.05) is 13.1 Å². The molecular weight excluding hydrogens is 222 g/mol. The van der Waals surface area contributed by atoms with Crippen molar-refractivity contribution in [3.63, 3.8) is 0 Å². The molecule has 1 amide bonds. The van der Waals surface area contributed by atoms with E-state index in [1.54, 1.807) is 16.8 Å². The molecule has 1 aromatic rings. The highest BCUT2D eigenvalue weighted by Gasteiger charge is 2.15. The van der Waals surface area contributed by atoms with Crippen molar-refractivity contribution < 1.29 is 4.79 Å². The first-order valence-corrected chi connectivity index (χ1v) is 6.63. The lowest BCUT2D eigenvalue weighted by molar-refractivity contribution is -0.121. The molecule has 0 radical (unpaired) electrons. The number of rotatable bonds is 5. The fourth-order valence-corrected chi connectivity index (χ4v) is 2.46. The van der Waals surface area contributed by atoms with E-state index in [9.17, 15) is 4.79 Å². The van der Waals surface area contributed by atoms with Crippen molar-refractivity contribution in [1.29, 1.82) is 0 Å². The Hall–Kier alpha value is -0.940. The van der Waals surface area contributed by atoms with Crippen LogP contribution in [0.4, 0.5) is 0 Å².